The van der Waals surface area contributed by atoms with E-state index in [9.17, 15) is 21.6 Å². The molecule has 1 amide bonds. The number of nitrogens with zero attached hydrogens (tertiary/aromatic N) is 1. The Kier molecular flexibility index (Phi) is 4.66. The van der Waals surface area contributed by atoms with E-state index in [1.807, 2.05) is 0 Å². The van der Waals surface area contributed by atoms with Gasteiger partial charge in [0.15, 0.2) is 15.7 Å². The maximum atomic E-state index is 12.7. The highest BCUT2D eigenvalue weighted by atomic mass is 32.2. The van der Waals surface area contributed by atoms with Gasteiger partial charge in [0.2, 0.25) is 5.91 Å². The van der Waals surface area contributed by atoms with Gasteiger partial charge < -0.3 is 5.32 Å². The molecule has 11 heteroatoms. The second-order valence-corrected chi connectivity index (χ2v) is 9.47. The molecule has 1 aromatic heterocycles. The first-order valence-corrected chi connectivity index (χ1v) is 11.0. The number of nitrogens with one attached hydrogen (secondary N) is 3. The molecule has 3 N–H and O–H groups in total. The molecule has 2 aromatic carbocycles. The molecule has 1 heterocycles. The number of benzene rings is 2. The lowest BCUT2D eigenvalue weighted by Crippen LogP contribution is -2.16. The molecule has 0 aliphatic rings. The van der Waals surface area contributed by atoms with Crippen LogP contribution in [0.5, 0.6) is 0 Å². The molecule has 27 heavy (non-hydrogen) atoms. The van der Waals surface area contributed by atoms with Gasteiger partial charge in [0.1, 0.15) is 4.90 Å². The molecule has 0 aliphatic heterocycles. The molecule has 0 unspecified atom stereocenters. The minimum Gasteiger partial charge on any atom is -0.309 e. The molecule has 142 valence electrons. The molecule has 0 atom stereocenters. The van der Waals surface area contributed by atoms with Crippen molar-refractivity contribution in [1.82, 2.24) is 10.2 Å². The largest absolute Gasteiger partial charge is 0.309 e. The van der Waals surface area contributed by atoms with E-state index >= 15 is 0 Å². The second kappa shape index (κ2) is 6.67. The van der Waals surface area contributed by atoms with Crippen molar-refractivity contribution in [2.75, 3.05) is 16.3 Å². The Balaban J connectivity index is 2.03. The molecular formula is C16H16N4O5S2. The molecule has 0 radical (unpaired) electrons. The SMILES string of the molecule is CC(=O)Nc1n[nH]c2ccc(NS(=O)(=O)c3ccccc3S(C)(=O)=O)cc12. The van der Waals surface area contributed by atoms with Gasteiger partial charge in [-0.1, -0.05) is 12.1 Å². The number of sulfone groups is 1. The zero-order valence-electron chi connectivity index (χ0n) is 14.3. The van der Waals surface area contributed by atoms with Gasteiger partial charge in [-0.2, -0.15) is 5.10 Å². The smallest absolute Gasteiger partial charge is 0.263 e. The van der Waals surface area contributed by atoms with Gasteiger partial charge in [-0.3, -0.25) is 14.6 Å². The van der Waals surface area contributed by atoms with E-state index in [4.69, 9.17) is 0 Å². The minimum absolute atomic E-state index is 0.193. The highest BCUT2D eigenvalue weighted by Gasteiger charge is 2.23. The van der Waals surface area contributed by atoms with Crippen molar-refractivity contribution in [3.05, 3.63) is 42.5 Å². The van der Waals surface area contributed by atoms with Crippen LogP contribution in [0.2, 0.25) is 0 Å². The quantitative estimate of drug-likeness (QED) is 0.588. The Bertz CT molecular complexity index is 1250. The molecule has 0 spiro atoms. The summed E-state index contributed by atoms with van der Waals surface area (Å²) >= 11 is 0. The van der Waals surface area contributed by atoms with Gasteiger partial charge in [-0.15, -0.1) is 0 Å². The van der Waals surface area contributed by atoms with Crippen LogP contribution in [-0.2, 0) is 24.7 Å². The second-order valence-electron chi connectivity index (χ2n) is 5.84. The lowest BCUT2D eigenvalue weighted by molar-refractivity contribution is -0.114. The van der Waals surface area contributed by atoms with Crippen LogP contribution < -0.4 is 10.0 Å². The summed E-state index contributed by atoms with van der Waals surface area (Å²) in [4.78, 5) is 10.6. The van der Waals surface area contributed by atoms with Crippen molar-refractivity contribution >= 4 is 48.2 Å². The van der Waals surface area contributed by atoms with Gasteiger partial charge in [0.25, 0.3) is 10.0 Å². The van der Waals surface area contributed by atoms with Crippen LogP contribution in [-0.4, -0.2) is 39.2 Å². The predicted molar refractivity (Wildman–Crippen MR) is 101 cm³/mol. The van der Waals surface area contributed by atoms with Crippen molar-refractivity contribution in [2.24, 2.45) is 0 Å². The molecule has 0 fully saturated rings. The number of carbonyl (C=O) groups excluding carboxylic acids is 1. The average molecular weight is 408 g/mol. The van der Waals surface area contributed by atoms with E-state index in [-0.39, 0.29) is 27.2 Å². The average Bonchev–Trinajstić information content (AvgIpc) is 2.95. The van der Waals surface area contributed by atoms with Crippen molar-refractivity contribution in [3.8, 4) is 0 Å². The molecule has 0 saturated heterocycles. The maximum absolute atomic E-state index is 12.7. The zero-order valence-corrected chi connectivity index (χ0v) is 16.0. The van der Waals surface area contributed by atoms with E-state index in [2.05, 4.69) is 20.2 Å². The number of rotatable bonds is 5. The summed E-state index contributed by atoms with van der Waals surface area (Å²) in [6.07, 6.45) is 0.943. The molecule has 0 saturated carbocycles. The Labute approximate surface area is 155 Å². The number of fused-ring (bicyclic) bond motifs is 1. The van der Waals surface area contributed by atoms with Crippen LogP contribution >= 0.6 is 0 Å². The predicted octanol–water partition coefficient (Wildman–Crippen LogP) is 1.73. The van der Waals surface area contributed by atoms with Crippen molar-refractivity contribution in [2.45, 2.75) is 16.7 Å². The van der Waals surface area contributed by atoms with E-state index in [1.54, 1.807) is 6.07 Å². The fraction of sp³-hybridized carbons (Fsp3) is 0.125. The first kappa shape index (κ1) is 18.9. The number of anilines is 2. The summed E-state index contributed by atoms with van der Waals surface area (Å²) in [5, 5.41) is 9.73. The normalized spacial score (nSPS) is 12.1. The molecule has 3 rings (SSSR count). The Morgan fingerprint density at radius 3 is 2.33 bits per heavy atom. The Morgan fingerprint density at radius 2 is 1.70 bits per heavy atom. The third kappa shape index (κ3) is 3.93. The Hall–Kier alpha value is -2.92. The summed E-state index contributed by atoms with van der Waals surface area (Å²) in [5.41, 5.74) is 0.789. The Morgan fingerprint density at radius 1 is 1.04 bits per heavy atom. The number of carbonyl (C=O) groups is 1. The summed E-state index contributed by atoms with van der Waals surface area (Å²) in [7, 11) is -7.90. The van der Waals surface area contributed by atoms with Crippen LogP contribution in [0.15, 0.2) is 52.3 Å². The first-order chi connectivity index (χ1) is 12.6. The standard InChI is InChI=1S/C16H16N4O5S2/c1-10(21)17-16-12-9-11(7-8-13(12)18-19-16)20-27(24,25)15-6-4-3-5-14(15)26(2,22)23/h3-9,20H,1-2H3,(H2,17,18,19,21). The fourth-order valence-corrected chi connectivity index (χ4v) is 5.21. The molecular weight excluding hydrogens is 392 g/mol. The lowest BCUT2D eigenvalue weighted by Gasteiger charge is -2.11. The molecule has 3 aromatic rings. The first-order valence-electron chi connectivity index (χ1n) is 7.65. The number of amides is 1. The van der Waals surface area contributed by atoms with E-state index in [0.717, 1.165) is 6.26 Å². The molecule has 0 aliphatic carbocycles. The number of hydrogen-bond acceptors (Lipinski definition) is 6. The number of aromatic amines is 1. The number of aromatic nitrogens is 2. The lowest BCUT2D eigenvalue weighted by atomic mass is 10.2. The van der Waals surface area contributed by atoms with Gasteiger partial charge in [-0.05, 0) is 30.3 Å². The highest BCUT2D eigenvalue weighted by Crippen LogP contribution is 2.27. The number of hydrogen-bond donors (Lipinski definition) is 3. The topological polar surface area (TPSA) is 138 Å². The minimum atomic E-state index is -4.16. The van der Waals surface area contributed by atoms with Crippen LogP contribution in [0.3, 0.4) is 0 Å². The molecule has 9 nitrogen and oxygen atoms in total. The van der Waals surface area contributed by atoms with Crippen molar-refractivity contribution < 1.29 is 21.6 Å². The monoisotopic (exact) mass is 408 g/mol. The van der Waals surface area contributed by atoms with Gasteiger partial charge in [0.05, 0.1) is 10.4 Å². The van der Waals surface area contributed by atoms with E-state index in [1.165, 1.54) is 43.3 Å². The van der Waals surface area contributed by atoms with Crippen LogP contribution in [0.25, 0.3) is 10.9 Å². The molecule has 0 bridgehead atoms. The summed E-state index contributed by atoms with van der Waals surface area (Å²) in [6.45, 7) is 1.33. The summed E-state index contributed by atoms with van der Waals surface area (Å²) in [6, 6.07) is 9.93. The zero-order chi connectivity index (χ0) is 19.8. The van der Waals surface area contributed by atoms with Crippen LogP contribution in [0.4, 0.5) is 11.5 Å². The van der Waals surface area contributed by atoms with Crippen molar-refractivity contribution in [3.63, 3.8) is 0 Å². The van der Waals surface area contributed by atoms with Crippen molar-refractivity contribution in [1.29, 1.82) is 0 Å². The fourth-order valence-electron chi connectivity index (χ4n) is 2.53. The number of H-pyrrole nitrogens is 1. The summed E-state index contributed by atoms with van der Waals surface area (Å²) < 4.78 is 51.6. The number of sulfonamides is 1. The highest BCUT2D eigenvalue weighted by molar-refractivity contribution is 7.95. The summed E-state index contributed by atoms with van der Waals surface area (Å²) in [5.74, 6) is -0.0634. The van der Waals surface area contributed by atoms with Gasteiger partial charge in [0, 0.05) is 24.3 Å². The van der Waals surface area contributed by atoms with Crippen LogP contribution in [0, 0.1) is 0 Å². The van der Waals surface area contributed by atoms with E-state index in [0.29, 0.717) is 10.9 Å². The van der Waals surface area contributed by atoms with Gasteiger partial charge >= 0.3 is 0 Å². The third-order valence-electron chi connectivity index (χ3n) is 3.65. The third-order valence-corrected chi connectivity index (χ3v) is 6.37. The van der Waals surface area contributed by atoms with Gasteiger partial charge in [-0.25, -0.2) is 16.8 Å². The maximum Gasteiger partial charge on any atom is 0.263 e. The van der Waals surface area contributed by atoms with Crippen LogP contribution in [0.1, 0.15) is 6.92 Å². The van der Waals surface area contributed by atoms with E-state index < -0.39 is 19.9 Å².